The lowest BCUT2D eigenvalue weighted by molar-refractivity contribution is -0.274. The molecule has 0 unspecified atom stereocenters. The molecule has 0 spiro atoms. The number of ether oxygens (including phenoxy) is 3. The fourth-order valence-electron chi connectivity index (χ4n) is 2.50. The highest BCUT2D eigenvalue weighted by atomic mass is 19.4. The number of nitrogens with zero attached hydrogens (tertiary/aromatic N) is 2. The van der Waals surface area contributed by atoms with Crippen molar-refractivity contribution in [3.8, 4) is 17.2 Å². The maximum absolute atomic E-state index is 12.3. The smallest absolute Gasteiger partial charge is 0.497 e. The lowest BCUT2D eigenvalue weighted by Gasteiger charge is -2.15. The number of hydrogen-bond donors (Lipinski definition) is 3. The summed E-state index contributed by atoms with van der Waals surface area (Å²) in [7, 11) is 3.06. The summed E-state index contributed by atoms with van der Waals surface area (Å²) < 4.78 is 51.2. The highest BCUT2D eigenvalue weighted by Crippen LogP contribution is 2.34. The number of methoxy groups -OCH3 is 2. The molecule has 4 N–H and O–H groups in total. The number of hydrogen-bond acceptors (Lipinski definition) is 8. The monoisotopic (exact) mass is 421 g/mol. The van der Waals surface area contributed by atoms with Gasteiger partial charge < -0.3 is 30.6 Å². The van der Waals surface area contributed by atoms with Crippen LogP contribution in [0.25, 0.3) is 0 Å². The van der Waals surface area contributed by atoms with E-state index in [1.807, 2.05) is 0 Å². The molecule has 0 atom stereocenters. The fourth-order valence-corrected chi connectivity index (χ4v) is 2.50. The zero-order valence-electron chi connectivity index (χ0n) is 15.9. The Hall–Kier alpha value is -3.89. The van der Waals surface area contributed by atoms with E-state index in [1.165, 1.54) is 37.7 Å². The van der Waals surface area contributed by atoms with Gasteiger partial charge in [-0.25, -0.2) is 9.97 Å². The number of benzene rings is 2. The third-order valence-electron chi connectivity index (χ3n) is 3.90. The third-order valence-corrected chi connectivity index (χ3v) is 3.90. The van der Waals surface area contributed by atoms with E-state index in [-0.39, 0.29) is 17.3 Å². The number of anilines is 5. The summed E-state index contributed by atoms with van der Waals surface area (Å²) >= 11 is 0. The Kier molecular flexibility index (Phi) is 6.00. The Balaban J connectivity index is 1.79. The van der Waals surface area contributed by atoms with E-state index in [1.54, 1.807) is 25.3 Å². The van der Waals surface area contributed by atoms with E-state index in [0.29, 0.717) is 28.7 Å². The zero-order valence-corrected chi connectivity index (χ0v) is 15.9. The lowest BCUT2D eigenvalue weighted by Crippen LogP contribution is -2.17. The number of rotatable bonds is 7. The minimum atomic E-state index is -4.75. The van der Waals surface area contributed by atoms with Crippen molar-refractivity contribution in [2.75, 3.05) is 30.6 Å². The second kappa shape index (κ2) is 8.64. The molecule has 0 aliphatic heterocycles. The largest absolute Gasteiger partial charge is 0.573 e. The standard InChI is InChI=1S/C19H18F3N5O3/c1-28-13-7-8-14(15(9-13)29-2)27-18-16(23)17(24-10-25-18)26-11-3-5-12(6-4-11)30-19(20,21)22/h3-10H,23H2,1-2H3,(H2,24,25,26,27). The molecule has 0 bridgehead atoms. The van der Waals surface area contributed by atoms with Gasteiger partial charge in [-0.2, -0.15) is 0 Å². The molecular weight excluding hydrogens is 403 g/mol. The van der Waals surface area contributed by atoms with Crippen molar-refractivity contribution in [3.05, 3.63) is 48.8 Å². The van der Waals surface area contributed by atoms with Crippen molar-refractivity contribution in [2.24, 2.45) is 0 Å². The summed E-state index contributed by atoms with van der Waals surface area (Å²) in [6.45, 7) is 0. The number of nitrogen functional groups attached to an aromatic ring is 1. The first-order valence-electron chi connectivity index (χ1n) is 8.51. The van der Waals surface area contributed by atoms with Gasteiger partial charge in [0.1, 0.15) is 29.3 Å². The second-order valence-electron chi connectivity index (χ2n) is 5.87. The molecule has 0 amide bonds. The predicted octanol–water partition coefficient (Wildman–Crippen LogP) is 4.46. The minimum Gasteiger partial charge on any atom is -0.497 e. The van der Waals surface area contributed by atoms with Crippen LogP contribution < -0.4 is 30.6 Å². The molecule has 8 nitrogen and oxygen atoms in total. The number of nitrogens with one attached hydrogen (secondary N) is 2. The van der Waals surface area contributed by atoms with Crippen LogP contribution in [0, 0.1) is 0 Å². The average Bonchev–Trinajstić information content (AvgIpc) is 2.71. The van der Waals surface area contributed by atoms with Gasteiger partial charge in [0.25, 0.3) is 0 Å². The summed E-state index contributed by atoms with van der Waals surface area (Å²) in [5.41, 5.74) is 7.41. The van der Waals surface area contributed by atoms with Crippen LogP contribution >= 0.6 is 0 Å². The van der Waals surface area contributed by atoms with Crippen molar-refractivity contribution in [3.63, 3.8) is 0 Å². The highest BCUT2D eigenvalue weighted by molar-refractivity contribution is 5.81. The van der Waals surface area contributed by atoms with E-state index >= 15 is 0 Å². The Morgan fingerprint density at radius 2 is 1.50 bits per heavy atom. The molecule has 11 heteroatoms. The van der Waals surface area contributed by atoms with Crippen LogP contribution in [0.15, 0.2) is 48.8 Å². The molecule has 0 aliphatic carbocycles. The molecule has 0 radical (unpaired) electrons. The molecule has 1 heterocycles. The molecule has 30 heavy (non-hydrogen) atoms. The summed E-state index contributed by atoms with van der Waals surface area (Å²) in [5.74, 6) is 1.38. The van der Waals surface area contributed by atoms with Gasteiger partial charge in [-0.3, -0.25) is 0 Å². The van der Waals surface area contributed by atoms with Gasteiger partial charge in [-0.15, -0.1) is 13.2 Å². The maximum atomic E-state index is 12.3. The van der Waals surface area contributed by atoms with Gasteiger partial charge in [0.2, 0.25) is 0 Å². The Morgan fingerprint density at radius 1 is 0.867 bits per heavy atom. The van der Waals surface area contributed by atoms with E-state index in [4.69, 9.17) is 15.2 Å². The van der Waals surface area contributed by atoms with Crippen LogP contribution in [-0.4, -0.2) is 30.5 Å². The topological polar surface area (TPSA) is 104 Å². The maximum Gasteiger partial charge on any atom is 0.573 e. The van der Waals surface area contributed by atoms with Crippen molar-refractivity contribution < 1.29 is 27.4 Å². The summed E-state index contributed by atoms with van der Waals surface area (Å²) in [5, 5.41) is 5.99. The summed E-state index contributed by atoms with van der Waals surface area (Å²) in [6, 6.07) is 10.3. The number of nitrogens with two attached hydrogens (primary N) is 1. The van der Waals surface area contributed by atoms with E-state index in [2.05, 4.69) is 25.3 Å². The van der Waals surface area contributed by atoms with Crippen LogP contribution in [0.3, 0.4) is 0 Å². The summed E-state index contributed by atoms with van der Waals surface area (Å²) in [4.78, 5) is 8.21. The van der Waals surface area contributed by atoms with Crippen LogP contribution in [0.2, 0.25) is 0 Å². The van der Waals surface area contributed by atoms with Crippen LogP contribution in [0.5, 0.6) is 17.2 Å². The molecule has 0 aliphatic rings. The molecule has 0 fully saturated rings. The van der Waals surface area contributed by atoms with Crippen molar-refractivity contribution in [2.45, 2.75) is 6.36 Å². The Morgan fingerprint density at radius 3 is 2.10 bits per heavy atom. The Labute approximate surface area is 169 Å². The predicted molar refractivity (Wildman–Crippen MR) is 106 cm³/mol. The third kappa shape index (κ3) is 5.13. The first kappa shape index (κ1) is 20.8. The van der Waals surface area contributed by atoms with Gasteiger partial charge in [-0.1, -0.05) is 0 Å². The van der Waals surface area contributed by atoms with E-state index < -0.39 is 6.36 Å². The number of aromatic nitrogens is 2. The molecule has 158 valence electrons. The molecule has 1 aromatic heterocycles. The van der Waals surface area contributed by atoms with Crippen molar-refractivity contribution in [1.29, 1.82) is 0 Å². The lowest BCUT2D eigenvalue weighted by atomic mass is 10.2. The van der Waals surface area contributed by atoms with E-state index in [9.17, 15) is 13.2 Å². The quantitative estimate of drug-likeness (QED) is 0.514. The number of halogens is 3. The Bertz CT molecular complexity index is 1010. The molecule has 3 rings (SSSR count). The normalized spacial score (nSPS) is 11.0. The fraction of sp³-hybridized carbons (Fsp3) is 0.158. The molecular formula is C19H18F3N5O3. The van der Waals surface area contributed by atoms with Gasteiger partial charge in [0.15, 0.2) is 11.6 Å². The van der Waals surface area contributed by atoms with Gasteiger partial charge in [0.05, 0.1) is 19.9 Å². The SMILES string of the molecule is COc1ccc(Nc2ncnc(Nc3ccc(OC(F)(F)F)cc3)c2N)c(OC)c1. The zero-order chi connectivity index (χ0) is 21.7. The first-order valence-corrected chi connectivity index (χ1v) is 8.51. The van der Waals surface area contributed by atoms with Crippen molar-refractivity contribution in [1.82, 2.24) is 9.97 Å². The molecule has 0 saturated carbocycles. The van der Waals surface area contributed by atoms with Gasteiger partial charge in [-0.05, 0) is 36.4 Å². The molecule has 0 saturated heterocycles. The minimum absolute atomic E-state index is 0.200. The number of alkyl halides is 3. The van der Waals surface area contributed by atoms with Crippen LogP contribution in [-0.2, 0) is 0 Å². The van der Waals surface area contributed by atoms with Gasteiger partial charge in [0, 0.05) is 11.8 Å². The van der Waals surface area contributed by atoms with Crippen LogP contribution in [0.1, 0.15) is 0 Å². The highest BCUT2D eigenvalue weighted by Gasteiger charge is 2.30. The van der Waals surface area contributed by atoms with Crippen LogP contribution in [0.4, 0.5) is 41.9 Å². The average molecular weight is 421 g/mol. The van der Waals surface area contributed by atoms with E-state index in [0.717, 1.165) is 0 Å². The van der Waals surface area contributed by atoms with Crippen molar-refractivity contribution >= 4 is 28.7 Å². The van der Waals surface area contributed by atoms with Gasteiger partial charge >= 0.3 is 6.36 Å². The first-order chi connectivity index (χ1) is 14.3. The second-order valence-corrected chi connectivity index (χ2v) is 5.87. The molecule has 2 aromatic carbocycles. The molecule has 3 aromatic rings. The summed E-state index contributed by atoms with van der Waals surface area (Å²) in [6.07, 6.45) is -3.47.